The Balaban J connectivity index is 1.38. The van der Waals surface area contributed by atoms with Gasteiger partial charge >= 0.3 is 0 Å². The molecule has 5 fully saturated rings. The summed E-state index contributed by atoms with van der Waals surface area (Å²) >= 11 is 0. The van der Waals surface area contributed by atoms with E-state index in [1.54, 1.807) is 0 Å². The summed E-state index contributed by atoms with van der Waals surface area (Å²) < 4.78 is 0. The Labute approximate surface area is 178 Å². The van der Waals surface area contributed by atoms with Crippen LogP contribution in [0, 0.1) is 40.4 Å². The second-order valence-electron chi connectivity index (χ2n) is 12.5. The van der Waals surface area contributed by atoms with E-state index in [0.29, 0.717) is 16.7 Å². The first kappa shape index (κ1) is 20.8. The number of hydrogen-bond acceptors (Lipinski definition) is 3. The van der Waals surface area contributed by atoms with E-state index in [-0.39, 0.29) is 12.1 Å². The standard InChI is InChI=1S/C26H45NO2/c1-24-13-11-18(28)16-17(24)7-8-19-20-9-10-22(25(20,2)14-12-21(19)24)26(3,29)23-6-4-5-15-27-23/h17-23,27-29H,4-16H2,1-3H3/t17-,18-,19-,20-,21-,22-,23?,24-,25-,26?/m0/s1. The van der Waals surface area contributed by atoms with Crippen LogP contribution in [-0.4, -0.2) is 34.5 Å². The molecule has 0 amide bonds. The maximum absolute atomic E-state index is 11.8. The van der Waals surface area contributed by atoms with Crippen LogP contribution in [0.4, 0.5) is 0 Å². The number of aliphatic hydroxyl groups is 2. The highest BCUT2D eigenvalue weighted by Crippen LogP contribution is 2.68. The van der Waals surface area contributed by atoms with Gasteiger partial charge < -0.3 is 15.5 Å². The smallest absolute Gasteiger partial charge is 0.0805 e. The van der Waals surface area contributed by atoms with Gasteiger partial charge in [0.2, 0.25) is 0 Å². The van der Waals surface area contributed by atoms with Gasteiger partial charge in [0.1, 0.15) is 0 Å². The number of hydrogen-bond donors (Lipinski definition) is 3. The van der Waals surface area contributed by atoms with Gasteiger partial charge in [0.05, 0.1) is 11.7 Å². The molecule has 3 heteroatoms. The van der Waals surface area contributed by atoms with Crippen molar-refractivity contribution in [2.75, 3.05) is 6.54 Å². The van der Waals surface area contributed by atoms with Crippen LogP contribution in [0.1, 0.15) is 97.8 Å². The predicted molar refractivity (Wildman–Crippen MR) is 117 cm³/mol. The molecule has 5 rings (SSSR count). The van der Waals surface area contributed by atoms with Crippen LogP contribution in [0.25, 0.3) is 0 Å². The van der Waals surface area contributed by atoms with E-state index in [0.717, 1.165) is 49.5 Å². The summed E-state index contributed by atoms with van der Waals surface area (Å²) in [6.45, 7) is 8.38. The summed E-state index contributed by atoms with van der Waals surface area (Å²) in [5.41, 5.74) is 0.184. The zero-order chi connectivity index (χ0) is 20.4. The Bertz CT molecular complexity index is 614. The van der Waals surface area contributed by atoms with Gasteiger partial charge in [-0.3, -0.25) is 0 Å². The van der Waals surface area contributed by atoms with E-state index in [1.807, 2.05) is 0 Å². The van der Waals surface area contributed by atoms with Crippen LogP contribution in [0.2, 0.25) is 0 Å². The van der Waals surface area contributed by atoms with Crippen LogP contribution < -0.4 is 5.32 Å². The van der Waals surface area contributed by atoms with Crippen molar-refractivity contribution in [3.05, 3.63) is 0 Å². The molecule has 3 nitrogen and oxygen atoms in total. The molecule has 166 valence electrons. The third kappa shape index (κ3) is 3.08. The highest BCUT2D eigenvalue weighted by molar-refractivity contribution is 5.13. The van der Waals surface area contributed by atoms with Gasteiger partial charge in [0.15, 0.2) is 0 Å². The zero-order valence-corrected chi connectivity index (χ0v) is 19.1. The van der Waals surface area contributed by atoms with E-state index in [4.69, 9.17) is 0 Å². The van der Waals surface area contributed by atoms with Gasteiger partial charge in [-0.15, -0.1) is 0 Å². The van der Waals surface area contributed by atoms with Crippen molar-refractivity contribution in [3.8, 4) is 0 Å². The van der Waals surface area contributed by atoms with Gasteiger partial charge in [0.25, 0.3) is 0 Å². The summed E-state index contributed by atoms with van der Waals surface area (Å²) in [5, 5.41) is 25.8. The molecule has 1 saturated heterocycles. The van der Waals surface area contributed by atoms with E-state index >= 15 is 0 Å². The monoisotopic (exact) mass is 403 g/mol. The summed E-state index contributed by atoms with van der Waals surface area (Å²) in [6.07, 6.45) is 14.8. The molecular weight excluding hydrogens is 358 g/mol. The number of nitrogens with one attached hydrogen (secondary N) is 1. The lowest BCUT2D eigenvalue weighted by Crippen LogP contribution is -2.60. The minimum atomic E-state index is -0.577. The lowest BCUT2D eigenvalue weighted by molar-refractivity contribution is -0.149. The third-order valence-corrected chi connectivity index (χ3v) is 11.4. The molecular formula is C26H45NO2. The molecule has 0 radical (unpaired) electrons. The van der Waals surface area contributed by atoms with E-state index in [2.05, 4.69) is 26.1 Å². The predicted octanol–water partition coefficient (Wildman–Crippen LogP) is 4.90. The van der Waals surface area contributed by atoms with Crippen molar-refractivity contribution in [3.63, 3.8) is 0 Å². The fourth-order valence-electron chi connectivity index (χ4n) is 9.79. The summed E-state index contributed by atoms with van der Waals surface area (Å²) in [7, 11) is 0. The highest BCUT2D eigenvalue weighted by Gasteiger charge is 2.63. The second kappa shape index (κ2) is 7.20. The average molecular weight is 404 g/mol. The Morgan fingerprint density at radius 2 is 1.62 bits per heavy atom. The number of aliphatic hydroxyl groups excluding tert-OH is 1. The maximum Gasteiger partial charge on any atom is 0.0805 e. The third-order valence-electron chi connectivity index (χ3n) is 11.4. The van der Waals surface area contributed by atoms with Crippen LogP contribution >= 0.6 is 0 Å². The average Bonchev–Trinajstić information content (AvgIpc) is 3.07. The Hall–Kier alpha value is -0.120. The minimum absolute atomic E-state index is 0.0487. The summed E-state index contributed by atoms with van der Waals surface area (Å²) in [6, 6.07) is 0.280. The molecule has 29 heavy (non-hydrogen) atoms. The Morgan fingerprint density at radius 1 is 0.862 bits per heavy atom. The normalized spacial score (nSPS) is 54.7. The van der Waals surface area contributed by atoms with Crippen molar-refractivity contribution in [2.45, 2.75) is 116 Å². The molecule has 3 N–H and O–H groups in total. The molecule has 1 heterocycles. The van der Waals surface area contributed by atoms with Gasteiger partial charge in [-0.05, 0) is 125 Å². The maximum atomic E-state index is 11.8. The van der Waals surface area contributed by atoms with Crippen molar-refractivity contribution in [2.24, 2.45) is 40.4 Å². The SMILES string of the molecule is CC(O)(C1CCCCN1)[C@H]1CC[C@H]2[C@@H]3CC[C@H]4C[C@@H](O)CC[C@]4(C)[C@H]3CC[C@]12C. The van der Waals surface area contributed by atoms with Gasteiger partial charge in [-0.1, -0.05) is 20.3 Å². The molecule has 2 unspecified atom stereocenters. The first-order valence-electron chi connectivity index (χ1n) is 12.9. The Kier molecular flexibility index (Phi) is 5.16. The topological polar surface area (TPSA) is 52.5 Å². The second-order valence-corrected chi connectivity index (χ2v) is 12.5. The fraction of sp³-hybridized carbons (Fsp3) is 1.00. The van der Waals surface area contributed by atoms with Gasteiger partial charge in [-0.2, -0.15) is 0 Å². The molecule has 10 atom stereocenters. The van der Waals surface area contributed by atoms with E-state index in [9.17, 15) is 10.2 Å². The lowest BCUT2D eigenvalue weighted by atomic mass is 9.44. The van der Waals surface area contributed by atoms with Gasteiger partial charge in [0, 0.05) is 6.04 Å². The molecule has 4 saturated carbocycles. The fourth-order valence-corrected chi connectivity index (χ4v) is 9.79. The number of rotatable bonds is 2. The van der Waals surface area contributed by atoms with Crippen LogP contribution in [0.3, 0.4) is 0 Å². The lowest BCUT2D eigenvalue weighted by Gasteiger charge is -2.61. The van der Waals surface area contributed by atoms with Crippen molar-refractivity contribution >= 4 is 0 Å². The summed E-state index contributed by atoms with van der Waals surface area (Å²) in [5.74, 6) is 3.68. The minimum Gasteiger partial charge on any atom is -0.393 e. The summed E-state index contributed by atoms with van der Waals surface area (Å²) in [4.78, 5) is 0. The zero-order valence-electron chi connectivity index (χ0n) is 19.1. The molecule has 0 aromatic heterocycles. The van der Waals surface area contributed by atoms with Crippen molar-refractivity contribution in [1.29, 1.82) is 0 Å². The quantitative estimate of drug-likeness (QED) is 0.615. The molecule has 5 aliphatic rings. The van der Waals surface area contributed by atoms with Crippen LogP contribution in [-0.2, 0) is 0 Å². The molecule has 0 aromatic carbocycles. The molecule has 4 aliphatic carbocycles. The van der Waals surface area contributed by atoms with Crippen molar-refractivity contribution in [1.82, 2.24) is 5.32 Å². The van der Waals surface area contributed by atoms with Gasteiger partial charge in [-0.25, -0.2) is 0 Å². The number of piperidine rings is 1. The molecule has 0 aromatic rings. The molecule has 0 bridgehead atoms. The molecule has 0 spiro atoms. The highest BCUT2D eigenvalue weighted by atomic mass is 16.3. The van der Waals surface area contributed by atoms with Crippen molar-refractivity contribution < 1.29 is 10.2 Å². The van der Waals surface area contributed by atoms with E-state index < -0.39 is 5.60 Å². The first-order valence-corrected chi connectivity index (χ1v) is 12.9. The Morgan fingerprint density at radius 3 is 2.38 bits per heavy atom. The molecule has 1 aliphatic heterocycles. The number of fused-ring (bicyclic) bond motifs is 5. The van der Waals surface area contributed by atoms with Crippen LogP contribution in [0.15, 0.2) is 0 Å². The largest absolute Gasteiger partial charge is 0.393 e. The van der Waals surface area contributed by atoms with Crippen LogP contribution in [0.5, 0.6) is 0 Å². The first-order chi connectivity index (χ1) is 13.8. The van der Waals surface area contributed by atoms with E-state index in [1.165, 1.54) is 57.8 Å².